The summed E-state index contributed by atoms with van der Waals surface area (Å²) in [6.45, 7) is 6.09. The van der Waals surface area contributed by atoms with Crippen molar-refractivity contribution in [3.8, 4) is 0 Å². The van der Waals surface area contributed by atoms with Crippen molar-refractivity contribution in [2.24, 2.45) is 5.92 Å². The molecule has 0 bridgehead atoms. The molecule has 2 N–H and O–H groups in total. The highest BCUT2D eigenvalue weighted by Crippen LogP contribution is 2.08. The van der Waals surface area contributed by atoms with Gasteiger partial charge in [-0.1, -0.05) is 13.8 Å². The van der Waals surface area contributed by atoms with Crippen molar-refractivity contribution in [2.45, 2.75) is 13.8 Å². The quantitative estimate of drug-likeness (QED) is 0.721. The number of carbonyl (C=O) groups excluding carboxylic acids is 1. The number of hydrogen-bond donors (Lipinski definition) is 2. The molecule has 0 fully saturated rings. The molecule has 0 atom stereocenters. The molecule has 5 heteroatoms. The summed E-state index contributed by atoms with van der Waals surface area (Å²) in [6, 6.07) is 1.79. The number of aromatic nitrogens is 1. The molecule has 0 saturated carbocycles. The zero-order valence-corrected chi connectivity index (χ0v) is 11.2. The van der Waals surface area contributed by atoms with Crippen LogP contribution in [-0.2, 0) is 4.74 Å². The molecular weight excluding hydrogens is 230 g/mol. The van der Waals surface area contributed by atoms with Gasteiger partial charge in [-0.3, -0.25) is 9.78 Å². The number of amides is 1. The highest BCUT2D eigenvalue weighted by molar-refractivity contribution is 5.94. The summed E-state index contributed by atoms with van der Waals surface area (Å²) in [5.41, 5.74) is 1.39. The van der Waals surface area contributed by atoms with Gasteiger partial charge in [0.2, 0.25) is 0 Å². The number of nitrogens with one attached hydrogen (secondary N) is 2. The van der Waals surface area contributed by atoms with Crippen LogP contribution in [0.1, 0.15) is 24.2 Å². The second kappa shape index (κ2) is 7.66. The van der Waals surface area contributed by atoms with Gasteiger partial charge in [0.05, 0.1) is 17.9 Å². The second-order valence-corrected chi connectivity index (χ2v) is 4.49. The van der Waals surface area contributed by atoms with Gasteiger partial charge in [0.15, 0.2) is 0 Å². The van der Waals surface area contributed by atoms with Crippen molar-refractivity contribution in [1.29, 1.82) is 0 Å². The molecule has 100 valence electrons. The van der Waals surface area contributed by atoms with E-state index in [4.69, 9.17) is 4.74 Å². The SMILES string of the molecule is COCCNc1cncc(C(=O)NCC(C)C)c1. The fraction of sp³-hybridized carbons (Fsp3) is 0.538. The van der Waals surface area contributed by atoms with E-state index in [1.165, 1.54) is 0 Å². The van der Waals surface area contributed by atoms with E-state index in [0.717, 1.165) is 5.69 Å². The summed E-state index contributed by atoms with van der Waals surface area (Å²) in [6.07, 6.45) is 3.26. The van der Waals surface area contributed by atoms with E-state index in [-0.39, 0.29) is 5.91 Å². The van der Waals surface area contributed by atoms with E-state index in [0.29, 0.717) is 31.2 Å². The minimum absolute atomic E-state index is 0.0911. The number of methoxy groups -OCH3 is 1. The Kier molecular flexibility index (Phi) is 6.14. The van der Waals surface area contributed by atoms with E-state index in [2.05, 4.69) is 29.5 Å². The van der Waals surface area contributed by atoms with Crippen molar-refractivity contribution in [2.75, 3.05) is 32.1 Å². The molecule has 0 spiro atoms. The van der Waals surface area contributed by atoms with Gasteiger partial charge < -0.3 is 15.4 Å². The minimum Gasteiger partial charge on any atom is -0.383 e. The maximum absolute atomic E-state index is 11.8. The van der Waals surface area contributed by atoms with Crippen LogP contribution in [0.5, 0.6) is 0 Å². The van der Waals surface area contributed by atoms with Gasteiger partial charge in [-0.15, -0.1) is 0 Å². The third kappa shape index (κ3) is 5.14. The average Bonchev–Trinajstić information content (AvgIpc) is 2.36. The van der Waals surface area contributed by atoms with Gasteiger partial charge in [0.25, 0.3) is 5.91 Å². The predicted octanol–water partition coefficient (Wildman–Crippen LogP) is 1.53. The number of nitrogens with zero attached hydrogens (tertiary/aromatic N) is 1. The average molecular weight is 251 g/mol. The van der Waals surface area contributed by atoms with Crippen LogP contribution < -0.4 is 10.6 Å². The molecule has 0 aliphatic carbocycles. The first-order valence-electron chi connectivity index (χ1n) is 6.09. The second-order valence-electron chi connectivity index (χ2n) is 4.49. The molecule has 1 aromatic rings. The lowest BCUT2D eigenvalue weighted by Gasteiger charge is -2.09. The van der Waals surface area contributed by atoms with E-state index in [9.17, 15) is 4.79 Å². The van der Waals surface area contributed by atoms with E-state index in [1.54, 1.807) is 25.6 Å². The molecule has 0 unspecified atom stereocenters. The number of rotatable bonds is 7. The Bertz CT molecular complexity index is 380. The number of carbonyl (C=O) groups is 1. The van der Waals surface area contributed by atoms with Gasteiger partial charge in [-0.2, -0.15) is 0 Å². The largest absolute Gasteiger partial charge is 0.383 e. The molecule has 0 radical (unpaired) electrons. The van der Waals surface area contributed by atoms with E-state index >= 15 is 0 Å². The van der Waals surface area contributed by atoms with Gasteiger partial charge in [-0.25, -0.2) is 0 Å². The van der Waals surface area contributed by atoms with Crippen LogP contribution in [-0.4, -0.2) is 37.7 Å². The molecule has 0 aliphatic rings. The van der Waals surface area contributed by atoms with Crippen LogP contribution in [0.3, 0.4) is 0 Å². The standard InChI is InChI=1S/C13H21N3O2/c1-10(2)7-16-13(17)11-6-12(9-14-8-11)15-4-5-18-3/h6,8-10,15H,4-5,7H2,1-3H3,(H,16,17). The summed E-state index contributed by atoms with van der Waals surface area (Å²) >= 11 is 0. The third-order valence-corrected chi connectivity index (χ3v) is 2.31. The molecule has 0 aliphatic heterocycles. The number of anilines is 1. The molecule has 1 aromatic heterocycles. The Balaban J connectivity index is 2.55. The molecule has 18 heavy (non-hydrogen) atoms. The first-order valence-corrected chi connectivity index (χ1v) is 6.09. The summed E-state index contributed by atoms with van der Waals surface area (Å²) in [4.78, 5) is 15.9. The van der Waals surface area contributed by atoms with Crippen LogP contribution >= 0.6 is 0 Å². The molecular formula is C13H21N3O2. The molecule has 0 aromatic carbocycles. The van der Waals surface area contributed by atoms with Crippen LogP contribution in [0.25, 0.3) is 0 Å². The summed E-state index contributed by atoms with van der Waals surface area (Å²) in [5, 5.41) is 6.00. The molecule has 1 heterocycles. The van der Waals surface area contributed by atoms with Crippen LogP contribution in [0.4, 0.5) is 5.69 Å². The maximum Gasteiger partial charge on any atom is 0.252 e. The first kappa shape index (κ1) is 14.4. The first-order chi connectivity index (χ1) is 8.63. The Hall–Kier alpha value is -1.62. The van der Waals surface area contributed by atoms with Crippen molar-refractivity contribution in [3.05, 3.63) is 24.0 Å². The Labute approximate surface area is 108 Å². The minimum atomic E-state index is -0.0911. The van der Waals surface area contributed by atoms with E-state index < -0.39 is 0 Å². The van der Waals surface area contributed by atoms with Gasteiger partial charge in [-0.05, 0) is 12.0 Å². The fourth-order valence-electron chi connectivity index (χ4n) is 1.36. The lowest BCUT2D eigenvalue weighted by molar-refractivity contribution is 0.0948. The predicted molar refractivity (Wildman–Crippen MR) is 71.8 cm³/mol. The smallest absolute Gasteiger partial charge is 0.252 e. The maximum atomic E-state index is 11.8. The van der Waals surface area contributed by atoms with Crippen molar-refractivity contribution < 1.29 is 9.53 Å². The molecule has 0 saturated heterocycles. The summed E-state index contributed by atoms with van der Waals surface area (Å²) in [7, 11) is 1.65. The Morgan fingerprint density at radius 3 is 2.89 bits per heavy atom. The highest BCUT2D eigenvalue weighted by atomic mass is 16.5. The van der Waals surface area contributed by atoms with Gasteiger partial charge >= 0.3 is 0 Å². The monoisotopic (exact) mass is 251 g/mol. The van der Waals surface area contributed by atoms with Crippen LogP contribution in [0.15, 0.2) is 18.5 Å². The molecule has 1 rings (SSSR count). The Morgan fingerprint density at radius 2 is 2.22 bits per heavy atom. The van der Waals surface area contributed by atoms with E-state index in [1.807, 2.05) is 0 Å². The lowest BCUT2D eigenvalue weighted by atomic mass is 10.2. The van der Waals surface area contributed by atoms with Gasteiger partial charge in [0, 0.05) is 32.6 Å². The fourth-order valence-corrected chi connectivity index (χ4v) is 1.36. The van der Waals surface area contributed by atoms with Crippen molar-refractivity contribution >= 4 is 11.6 Å². The number of ether oxygens (including phenoxy) is 1. The highest BCUT2D eigenvalue weighted by Gasteiger charge is 2.07. The van der Waals surface area contributed by atoms with Crippen molar-refractivity contribution in [1.82, 2.24) is 10.3 Å². The Morgan fingerprint density at radius 1 is 1.44 bits per heavy atom. The van der Waals surface area contributed by atoms with Crippen LogP contribution in [0.2, 0.25) is 0 Å². The normalized spacial score (nSPS) is 10.4. The topological polar surface area (TPSA) is 63.2 Å². The third-order valence-electron chi connectivity index (χ3n) is 2.31. The molecule has 5 nitrogen and oxygen atoms in total. The van der Waals surface area contributed by atoms with Crippen LogP contribution in [0, 0.1) is 5.92 Å². The number of hydrogen-bond acceptors (Lipinski definition) is 4. The summed E-state index contributed by atoms with van der Waals surface area (Å²) < 4.78 is 4.94. The molecule has 1 amide bonds. The number of pyridine rings is 1. The zero-order chi connectivity index (χ0) is 13.4. The lowest BCUT2D eigenvalue weighted by Crippen LogP contribution is -2.27. The van der Waals surface area contributed by atoms with Gasteiger partial charge in [0.1, 0.15) is 0 Å². The zero-order valence-electron chi connectivity index (χ0n) is 11.2. The van der Waals surface area contributed by atoms with Crippen molar-refractivity contribution in [3.63, 3.8) is 0 Å². The summed E-state index contributed by atoms with van der Waals surface area (Å²) in [5.74, 6) is 0.344.